The van der Waals surface area contributed by atoms with E-state index in [1.807, 2.05) is 56.6 Å². The Bertz CT molecular complexity index is 938. The molecule has 0 bridgehead atoms. The van der Waals surface area contributed by atoms with Gasteiger partial charge in [0.25, 0.3) is 5.91 Å². The van der Waals surface area contributed by atoms with Crippen molar-refractivity contribution in [3.8, 4) is 11.3 Å². The van der Waals surface area contributed by atoms with E-state index in [1.54, 1.807) is 23.0 Å². The highest BCUT2D eigenvalue weighted by molar-refractivity contribution is 7.14. The number of rotatable bonds is 5. The van der Waals surface area contributed by atoms with Crippen LogP contribution < -0.4 is 10.6 Å². The summed E-state index contributed by atoms with van der Waals surface area (Å²) in [5.41, 5.74) is 2.32. The Morgan fingerprint density at radius 2 is 1.81 bits per heavy atom. The number of thiazole rings is 1. The molecule has 3 heterocycles. The average molecular weight is 457 g/mol. The number of anilines is 1. The second kappa shape index (κ2) is 14.2. The first kappa shape index (κ1) is 25.3. The molecule has 0 atom stereocenters. The molecule has 1 saturated heterocycles. The fourth-order valence-corrected chi connectivity index (χ4v) is 3.56. The average Bonchev–Trinajstić information content (AvgIpc) is 3.50. The van der Waals surface area contributed by atoms with E-state index in [0.717, 1.165) is 24.5 Å². The van der Waals surface area contributed by atoms with E-state index in [4.69, 9.17) is 4.74 Å². The first-order valence-electron chi connectivity index (χ1n) is 10.9. The molecule has 1 fully saturated rings. The van der Waals surface area contributed by atoms with Crippen molar-refractivity contribution < 1.29 is 14.3 Å². The Kier molecular flexibility index (Phi) is 11.2. The van der Waals surface area contributed by atoms with Crippen molar-refractivity contribution in [1.29, 1.82) is 0 Å². The minimum Gasteiger partial charge on any atom is -0.381 e. The van der Waals surface area contributed by atoms with Crippen LogP contribution in [0.1, 0.15) is 43.5 Å². The van der Waals surface area contributed by atoms with Gasteiger partial charge < -0.3 is 19.9 Å². The molecule has 0 aliphatic carbocycles. The maximum atomic E-state index is 11.9. The van der Waals surface area contributed by atoms with Gasteiger partial charge in [-0.05, 0) is 25.3 Å². The summed E-state index contributed by atoms with van der Waals surface area (Å²) in [6, 6.07) is 11.4. The third-order valence-corrected chi connectivity index (χ3v) is 5.16. The molecule has 0 radical (unpaired) electrons. The number of amides is 2. The minimum absolute atomic E-state index is 0.103. The number of nitrogens with zero attached hydrogens (tertiary/aromatic N) is 2. The number of ether oxygens (including phenoxy) is 1. The van der Waals surface area contributed by atoms with Crippen LogP contribution in [-0.4, -0.2) is 41.1 Å². The molecular weight excluding hydrogens is 424 g/mol. The lowest BCUT2D eigenvalue weighted by Gasteiger charge is -2.08. The fourth-order valence-electron chi connectivity index (χ4n) is 2.82. The maximum Gasteiger partial charge on any atom is 0.253 e. The van der Waals surface area contributed by atoms with Gasteiger partial charge in [0.1, 0.15) is 0 Å². The quantitative estimate of drug-likeness (QED) is 0.581. The lowest BCUT2D eigenvalue weighted by Crippen LogP contribution is -2.32. The van der Waals surface area contributed by atoms with Crippen LogP contribution in [0.4, 0.5) is 5.13 Å². The molecule has 0 spiro atoms. The van der Waals surface area contributed by atoms with Gasteiger partial charge >= 0.3 is 0 Å². The molecule has 3 aromatic rings. The molecule has 2 aromatic heterocycles. The number of carbonyl (C=O) groups is 2. The lowest BCUT2D eigenvalue weighted by molar-refractivity contribution is -0.115. The first-order chi connectivity index (χ1) is 15.6. The van der Waals surface area contributed by atoms with E-state index in [2.05, 4.69) is 15.6 Å². The van der Waals surface area contributed by atoms with Crippen LogP contribution >= 0.6 is 11.3 Å². The van der Waals surface area contributed by atoms with Crippen LogP contribution in [0, 0.1) is 0 Å². The monoisotopic (exact) mass is 456 g/mol. The van der Waals surface area contributed by atoms with Gasteiger partial charge in [0, 0.05) is 43.6 Å². The Labute approximate surface area is 193 Å². The Hall–Kier alpha value is -2.97. The van der Waals surface area contributed by atoms with Gasteiger partial charge in [-0.25, -0.2) is 4.98 Å². The Morgan fingerprint density at radius 3 is 2.38 bits per heavy atom. The first-order valence-corrected chi connectivity index (χ1v) is 11.8. The smallest absolute Gasteiger partial charge is 0.253 e. The molecule has 7 nitrogen and oxygen atoms in total. The molecule has 1 aliphatic heterocycles. The summed E-state index contributed by atoms with van der Waals surface area (Å²) in [7, 11) is 1.83. The standard InChI is InChI=1S/C17H16N4O2S.C5H10O.C2H6/c1-21-8-7-13(10-21)16(23)18-9-15(22)20-17-19-14(11-24-17)12-5-3-2-4-6-12;1-2-4-6-5-3-1;1-2/h2-8,10-11H,9H2,1H3,(H,18,23)(H,19,20,22);1-5H2;1-2H3. The van der Waals surface area contributed by atoms with Crippen molar-refractivity contribution in [1.82, 2.24) is 14.9 Å². The highest BCUT2D eigenvalue weighted by Crippen LogP contribution is 2.24. The van der Waals surface area contributed by atoms with Crippen LogP contribution in [0.15, 0.2) is 54.2 Å². The summed E-state index contributed by atoms with van der Waals surface area (Å²) in [6.45, 7) is 5.90. The minimum atomic E-state index is -0.312. The topological polar surface area (TPSA) is 85.2 Å². The third-order valence-electron chi connectivity index (χ3n) is 4.40. The van der Waals surface area contributed by atoms with Crippen LogP contribution in [0.3, 0.4) is 0 Å². The molecule has 8 heteroatoms. The normalized spacial score (nSPS) is 12.5. The zero-order chi connectivity index (χ0) is 23.2. The highest BCUT2D eigenvalue weighted by Gasteiger charge is 2.11. The molecule has 4 rings (SSSR count). The summed E-state index contributed by atoms with van der Waals surface area (Å²) < 4.78 is 6.84. The summed E-state index contributed by atoms with van der Waals surface area (Å²) in [6.07, 6.45) is 7.40. The lowest BCUT2D eigenvalue weighted by atomic mass is 10.2. The number of aryl methyl sites for hydroxylation is 1. The summed E-state index contributed by atoms with van der Waals surface area (Å²) >= 11 is 1.35. The van der Waals surface area contributed by atoms with E-state index in [9.17, 15) is 9.59 Å². The Morgan fingerprint density at radius 1 is 1.09 bits per heavy atom. The van der Waals surface area contributed by atoms with Gasteiger partial charge in [-0.1, -0.05) is 44.2 Å². The van der Waals surface area contributed by atoms with E-state index in [0.29, 0.717) is 10.7 Å². The second-order valence-electron chi connectivity index (χ2n) is 6.87. The second-order valence-corrected chi connectivity index (χ2v) is 7.73. The van der Waals surface area contributed by atoms with Crippen molar-refractivity contribution in [2.45, 2.75) is 33.1 Å². The molecule has 32 heavy (non-hydrogen) atoms. The zero-order valence-electron chi connectivity index (χ0n) is 19.0. The van der Waals surface area contributed by atoms with Crippen LogP contribution in [0.5, 0.6) is 0 Å². The largest absolute Gasteiger partial charge is 0.381 e. The number of nitrogens with one attached hydrogen (secondary N) is 2. The molecule has 2 N–H and O–H groups in total. The predicted molar refractivity (Wildman–Crippen MR) is 130 cm³/mol. The Balaban J connectivity index is 0.000000387. The van der Waals surface area contributed by atoms with Crippen molar-refractivity contribution in [3.63, 3.8) is 0 Å². The van der Waals surface area contributed by atoms with Gasteiger partial charge in [-0.2, -0.15) is 0 Å². The predicted octanol–water partition coefficient (Wildman–Crippen LogP) is 4.73. The van der Waals surface area contributed by atoms with Crippen LogP contribution in [0.2, 0.25) is 0 Å². The molecule has 0 saturated carbocycles. The number of hydrogen-bond acceptors (Lipinski definition) is 5. The van der Waals surface area contributed by atoms with Crippen LogP contribution in [-0.2, 0) is 16.6 Å². The summed E-state index contributed by atoms with van der Waals surface area (Å²) in [5, 5.41) is 7.67. The molecular formula is C24H32N4O3S. The molecule has 172 valence electrons. The van der Waals surface area contributed by atoms with E-state index in [-0.39, 0.29) is 18.4 Å². The number of hydrogen-bond donors (Lipinski definition) is 2. The number of carbonyl (C=O) groups excluding carboxylic acids is 2. The maximum absolute atomic E-state index is 11.9. The van der Waals surface area contributed by atoms with Gasteiger partial charge in [0.2, 0.25) is 5.91 Å². The van der Waals surface area contributed by atoms with Crippen molar-refractivity contribution in [2.24, 2.45) is 7.05 Å². The van der Waals surface area contributed by atoms with Gasteiger partial charge in [-0.15, -0.1) is 11.3 Å². The molecule has 2 amide bonds. The number of benzene rings is 1. The van der Waals surface area contributed by atoms with Gasteiger partial charge in [0.05, 0.1) is 17.8 Å². The fraction of sp³-hybridized carbons (Fsp3) is 0.375. The van der Waals surface area contributed by atoms with E-state index in [1.165, 1.54) is 30.6 Å². The van der Waals surface area contributed by atoms with E-state index < -0.39 is 0 Å². The summed E-state index contributed by atoms with van der Waals surface area (Å²) in [5.74, 6) is -0.594. The van der Waals surface area contributed by atoms with Crippen molar-refractivity contribution in [2.75, 3.05) is 25.1 Å². The van der Waals surface area contributed by atoms with E-state index >= 15 is 0 Å². The van der Waals surface area contributed by atoms with Gasteiger partial charge in [0.15, 0.2) is 5.13 Å². The molecule has 0 unspecified atom stereocenters. The highest BCUT2D eigenvalue weighted by atomic mass is 32.1. The van der Waals surface area contributed by atoms with Crippen LogP contribution in [0.25, 0.3) is 11.3 Å². The summed E-state index contributed by atoms with van der Waals surface area (Å²) in [4.78, 5) is 28.2. The van der Waals surface area contributed by atoms with Crippen molar-refractivity contribution >= 4 is 28.3 Å². The molecule has 1 aromatic carbocycles. The SMILES string of the molecule is C1CCOCC1.CC.Cn1ccc(C(=O)NCC(=O)Nc2nc(-c3ccccc3)cs2)c1. The molecule has 1 aliphatic rings. The third kappa shape index (κ3) is 8.64. The van der Waals surface area contributed by atoms with Gasteiger partial charge in [-0.3, -0.25) is 9.59 Å². The number of aromatic nitrogens is 2. The van der Waals surface area contributed by atoms with Crippen molar-refractivity contribution in [3.05, 3.63) is 59.7 Å². The zero-order valence-corrected chi connectivity index (χ0v) is 19.8.